The molecule has 5 nitrogen and oxygen atoms in total. The van der Waals surface area contributed by atoms with E-state index in [4.69, 9.17) is 5.11 Å². The van der Waals surface area contributed by atoms with E-state index in [1.165, 1.54) is 0 Å². The molecule has 3 N–H and O–H groups in total. The molecule has 1 rings (SSSR count). The molecule has 0 aromatic rings. The Bertz CT molecular complexity index is 254. The van der Waals surface area contributed by atoms with Crippen LogP contribution >= 0.6 is 11.8 Å². The lowest BCUT2D eigenvalue weighted by molar-refractivity contribution is -0.142. The topological polar surface area (TPSA) is 78.4 Å². The van der Waals surface area contributed by atoms with Gasteiger partial charge >= 0.3 is 5.97 Å². The molecule has 1 amide bonds. The van der Waals surface area contributed by atoms with Crippen LogP contribution in [0, 0.1) is 0 Å². The normalized spacial score (nSPS) is 21.7. The van der Waals surface area contributed by atoms with E-state index in [0.29, 0.717) is 6.42 Å². The average Bonchev–Trinajstić information content (AvgIpc) is 2.76. The minimum Gasteiger partial charge on any atom is -0.480 e. The van der Waals surface area contributed by atoms with Crippen LogP contribution in [0.4, 0.5) is 0 Å². The van der Waals surface area contributed by atoms with E-state index in [1.54, 1.807) is 11.8 Å². The first-order valence-corrected chi connectivity index (χ1v) is 6.80. The number of carbonyl (C=O) groups excluding carboxylic acids is 1. The van der Waals surface area contributed by atoms with Crippen molar-refractivity contribution in [2.45, 2.75) is 31.3 Å². The van der Waals surface area contributed by atoms with Gasteiger partial charge in [-0.05, 0) is 37.8 Å². The SMILES string of the molecule is CSCC[C@@H](NC(=O)C1CCCN1)C(=O)O. The van der Waals surface area contributed by atoms with E-state index in [9.17, 15) is 9.59 Å². The minimum absolute atomic E-state index is 0.189. The van der Waals surface area contributed by atoms with Crippen LogP contribution in [0.15, 0.2) is 0 Å². The highest BCUT2D eigenvalue weighted by molar-refractivity contribution is 7.98. The van der Waals surface area contributed by atoms with Gasteiger partial charge in [-0.2, -0.15) is 11.8 Å². The Labute approximate surface area is 99.4 Å². The summed E-state index contributed by atoms with van der Waals surface area (Å²) >= 11 is 1.58. The predicted molar refractivity (Wildman–Crippen MR) is 63.6 cm³/mol. The number of hydrogen-bond acceptors (Lipinski definition) is 4. The van der Waals surface area contributed by atoms with Gasteiger partial charge in [0.25, 0.3) is 0 Å². The molecular formula is C10H18N2O3S. The quantitative estimate of drug-likeness (QED) is 0.618. The summed E-state index contributed by atoms with van der Waals surface area (Å²) in [5, 5.41) is 14.6. The Kier molecular flexibility index (Phi) is 5.62. The second-order valence-corrected chi connectivity index (χ2v) is 4.82. The van der Waals surface area contributed by atoms with Crippen LogP contribution in [0.2, 0.25) is 0 Å². The highest BCUT2D eigenvalue weighted by Gasteiger charge is 2.26. The monoisotopic (exact) mass is 246 g/mol. The van der Waals surface area contributed by atoms with E-state index in [0.717, 1.165) is 25.1 Å². The van der Waals surface area contributed by atoms with Crippen molar-refractivity contribution in [3.63, 3.8) is 0 Å². The molecule has 1 unspecified atom stereocenters. The maximum atomic E-state index is 11.7. The van der Waals surface area contributed by atoms with Crippen molar-refractivity contribution in [3.8, 4) is 0 Å². The first-order valence-electron chi connectivity index (χ1n) is 5.40. The van der Waals surface area contributed by atoms with Crippen LogP contribution in [-0.2, 0) is 9.59 Å². The molecule has 1 aliphatic rings. The van der Waals surface area contributed by atoms with Crippen molar-refractivity contribution in [2.75, 3.05) is 18.6 Å². The summed E-state index contributed by atoms with van der Waals surface area (Å²) in [4.78, 5) is 22.6. The summed E-state index contributed by atoms with van der Waals surface area (Å²) in [6, 6.07) is -0.974. The number of hydrogen-bond donors (Lipinski definition) is 3. The smallest absolute Gasteiger partial charge is 0.326 e. The largest absolute Gasteiger partial charge is 0.480 e. The number of thioether (sulfide) groups is 1. The molecule has 0 spiro atoms. The fourth-order valence-electron chi connectivity index (χ4n) is 1.67. The standard InChI is InChI=1S/C10H18N2O3S/c1-16-6-4-8(10(14)15)12-9(13)7-3-2-5-11-7/h7-8,11H,2-6H2,1H3,(H,12,13)(H,14,15)/t7?,8-/m1/s1. The van der Waals surface area contributed by atoms with Gasteiger partial charge in [0, 0.05) is 0 Å². The van der Waals surface area contributed by atoms with Crippen LogP contribution in [0.3, 0.4) is 0 Å². The Morgan fingerprint density at radius 2 is 2.38 bits per heavy atom. The Morgan fingerprint density at radius 3 is 2.88 bits per heavy atom. The molecule has 1 aliphatic heterocycles. The predicted octanol–water partition coefficient (Wildman–Crippen LogP) is 0.0609. The maximum absolute atomic E-state index is 11.7. The third-order valence-electron chi connectivity index (χ3n) is 2.60. The number of carboxylic acid groups (broad SMARTS) is 1. The number of carboxylic acids is 1. The van der Waals surface area contributed by atoms with Crippen LogP contribution in [0.1, 0.15) is 19.3 Å². The van der Waals surface area contributed by atoms with Gasteiger partial charge in [-0.15, -0.1) is 0 Å². The fraction of sp³-hybridized carbons (Fsp3) is 0.800. The van der Waals surface area contributed by atoms with Crippen molar-refractivity contribution in [1.82, 2.24) is 10.6 Å². The molecule has 2 atom stereocenters. The molecule has 0 saturated carbocycles. The molecule has 1 fully saturated rings. The third-order valence-corrected chi connectivity index (χ3v) is 3.25. The lowest BCUT2D eigenvalue weighted by atomic mass is 10.1. The lowest BCUT2D eigenvalue weighted by Gasteiger charge is -2.17. The minimum atomic E-state index is -0.958. The first kappa shape index (κ1) is 13.3. The van der Waals surface area contributed by atoms with Crippen LogP contribution in [0.25, 0.3) is 0 Å². The van der Waals surface area contributed by atoms with Crippen LogP contribution in [0.5, 0.6) is 0 Å². The molecule has 0 aromatic carbocycles. The molecule has 16 heavy (non-hydrogen) atoms. The second kappa shape index (κ2) is 6.75. The van der Waals surface area contributed by atoms with Crippen molar-refractivity contribution < 1.29 is 14.7 Å². The number of rotatable bonds is 6. The summed E-state index contributed by atoms with van der Waals surface area (Å²) < 4.78 is 0. The molecule has 1 heterocycles. The maximum Gasteiger partial charge on any atom is 0.326 e. The molecular weight excluding hydrogens is 228 g/mol. The van der Waals surface area contributed by atoms with Crippen LogP contribution in [-0.4, -0.2) is 47.6 Å². The highest BCUT2D eigenvalue weighted by Crippen LogP contribution is 2.06. The summed E-state index contributed by atoms with van der Waals surface area (Å²) in [5.74, 6) is -0.415. The van der Waals surface area contributed by atoms with Crippen molar-refractivity contribution in [1.29, 1.82) is 0 Å². The van der Waals surface area contributed by atoms with Crippen molar-refractivity contribution in [2.24, 2.45) is 0 Å². The zero-order valence-corrected chi connectivity index (χ0v) is 10.2. The molecule has 1 saturated heterocycles. The van der Waals surface area contributed by atoms with Gasteiger partial charge in [-0.1, -0.05) is 0 Å². The molecule has 0 aliphatic carbocycles. The Morgan fingerprint density at radius 1 is 1.62 bits per heavy atom. The van der Waals surface area contributed by atoms with Gasteiger partial charge in [0.05, 0.1) is 6.04 Å². The number of nitrogens with one attached hydrogen (secondary N) is 2. The van der Waals surface area contributed by atoms with Crippen molar-refractivity contribution in [3.05, 3.63) is 0 Å². The van der Waals surface area contributed by atoms with Gasteiger partial charge in [0.2, 0.25) is 5.91 Å². The van der Waals surface area contributed by atoms with E-state index in [2.05, 4.69) is 10.6 Å². The van der Waals surface area contributed by atoms with Gasteiger partial charge < -0.3 is 15.7 Å². The molecule has 0 radical (unpaired) electrons. The van der Waals surface area contributed by atoms with Gasteiger partial charge in [-0.3, -0.25) is 4.79 Å². The van der Waals surface area contributed by atoms with Crippen molar-refractivity contribution >= 4 is 23.6 Å². The van der Waals surface area contributed by atoms with Crippen LogP contribution < -0.4 is 10.6 Å². The zero-order valence-electron chi connectivity index (χ0n) is 9.36. The highest BCUT2D eigenvalue weighted by atomic mass is 32.2. The number of aliphatic carboxylic acids is 1. The summed E-state index contributed by atoms with van der Waals surface area (Å²) in [5.41, 5.74) is 0. The summed E-state index contributed by atoms with van der Waals surface area (Å²) in [7, 11) is 0. The summed E-state index contributed by atoms with van der Waals surface area (Å²) in [6.45, 7) is 0.834. The lowest BCUT2D eigenvalue weighted by Crippen LogP contribution is -2.48. The summed E-state index contributed by atoms with van der Waals surface area (Å²) in [6.07, 6.45) is 4.15. The second-order valence-electron chi connectivity index (χ2n) is 3.83. The molecule has 6 heteroatoms. The Balaban J connectivity index is 2.40. The first-order chi connectivity index (χ1) is 7.65. The zero-order chi connectivity index (χ0) is 12.0. The molecule has 0 aromatic heterocycles. The van der Waals surface area contributed by atoms with Gasteiger partial charge in [-0.25, -0.2) is 4.79 Å². The molecule has 92 valence electrons. The van der Waals surface area contributed by atoms with E-state index in [1.807, 2.05) is 6.26 Å². The van der Waals surface area contributed by atoms with E-state index >= 15 is 0 Å². The Hall–Kier alpha value is -0.750. The number of amides is 1. The van der Waals surface area contributed by atoms with Gasteiger partial charge in [0.1, 0.15) is 6.04 Å². The fourth-order valence-corrected chi connectivity index (χ4v) is 2.15. The molecule has 0 bridgehead atoms. The van der Waals surface area contributed by atoms with E-state index < -0.39 is 12.0 Å². The number of carbonyl (C=O) groups is 2. The average molecular weight is 246 g/mol. The van der Waals surface area contributed by atoms with E-state index in [-0.39, 0.29) is 11.9 Å². The van der Waals surface area contributed by atoms with Gasteiger partial charge in [0.15, 0.2) is 0 Å². The third kappa shape index (κ3) is 4.02.